The monoisotopic (exact) mass is 370 g/mol. The second-order valence-electron chi connectivity index (χ2n) is 6.12. The molecule has 1 aromatic carbocycles. The zero-order chi connectivity index (χ0) is 19.6. The first-order valence-electron chi connectivity index (χ1n) is 8.78. The highest BCUT2D eigenvalue weighted by Crippen LogP contribution is 2.06. The van der Waals surface area contributed by atoms with Crippen molar-refractivity contribution in [2.24, 2.45) is 0 Å². The molecule has 0 aliphatic carbocycles. The summed E-state index contributed by atoms with van der Waals surface area (Å²) in [6.07, 6.45) is 5.46. The van der Waals surface area contributed by atoms with Crippen molar-refractivity contribution in [2.75, 3.05) is 0 Å². The molecule has 1 aromatic heterocycles. The number of carbonyl (C=O) groups excluding carboxylic acids is 2. The molecule has 0 saturated heterocycles. The Bertz CT molecular complexity index is 731. The maximum Gasteiger partial charge on any atom is 0.475 e. The van der Waals surface area contributed by atoms with Gasteiger partial charge < -0.3 is 20.7 Å². The largest absolute Gasteiger partial charge is 0.475 e. The molecule has 0 spiro atoms. The van der Waals surface area contributed by atoms with Gasteiger partial charge in [0.05, 0.1) is 12.1 Å². The van der Waals surface area contributed by atoms with Crippen molar-refractivity contribution < 1.29 is 19.6 Å². The lowest BCUT2D eigenvalue weighted by Crippen LogP contribution is -2.54. The van der Waals surface area contributed by atoms with Gasteiger partial charge in [-0.2, -0.15) is 0 Å². The van der Waals surface area contributed by atoms with Gasteiger partial charge in [-0.1, -0.05) is 43.7 Å². The first-order chi connectivity index (χ1) is 13.0. The van der Waals surface area contributed by atoms with Gasteiger partial charge in [0.1, 0.15) is 11.7 Å². The van der Waals surface area contributed by atoms with Crippen LogP contribution in [-0.2, 0) is 11.2 Å². The van der Waals surface area contributed by atoms with Gasteiger partial charge in [0.25, 0.3) is 5.91 Å². The molecule has 0 radical (unpaired) electrons. The number of hydrogen-bond acceptors (Lipinski definition) is 6. The smallest absolute Gasteiger partial charge is 0.426 e. The van der Waals surface area contributed by atoms with E-state index in [-0.39, 0.29) is 12.1 Å². The van der Waals surface area contributed by atoms with Crippen LogP contribution in [0.2, 0.25) is 0 Å². The van der Waals surface area contributed by atoms with E-state index in [1.165, 1.54) is 18.6 Å². The van der Waals surface area contributed by atoms with Crippen molar-refractivity contribution in [3.8, 4) is 0 Å². The molecule has 0 fully saturated rings. The fourth-order valence-corrected chi connectivity index (χ4v) is 2.60. The fourth-order valence-electron chi connectivity index (χ4n) is 2.60. The Morgan fingerprint density at radius 1 is 1.15 bits per heavy atom. The third kappa shape index (κ3) is 6.47. The van der Waals surface area contributed by atoms with Crippen LogP contribution in [-0.4, -0.2) is 50.9 Å². The van der Waals surface area contributed by atoms with E-state index >= 15 is 0 Å². The number of nitrogens with zero attached hydrogens (tertiary/aromatic N) is 2. The van der Waals surface area contributed by atoms with Gasteiger partial charge in [0.2, 0.25) is 5.91 Å². The molecule has 0 saturated carbocycles. The Morgan fingerprint density at radius 3 is 2.48 bits per heavy atom. The van der Waals surface area contributed by atoms with Crippen LogP contribution in [0.5, 0.6) is 0 Å². The number of amides is 2. The van der Waals surface area contributed by atoms with E-state index in [9.17, 15) is 19.6 Å². The summed E-state index contributed by atoms with van der Waals surface area (Å²) in [5, 5.41) is 24.2. The third-order valence-corrected chi connectivity index (χ3v) is 3.99. The highest BCUT2D eigenvalue weighted by molar-refractivity contribution is 6.43. The highest BCUT2D eigenvalue weighted by atomic mass is 16.4. The summed E-state index contributed by atoms with van der Waals surface area (Å²) in [6, 6.07) is 8.33. The molecule has 1 heterocycles. The molecule has 9 heteroatoms. The molecule has 142 valence electrons. The molecule has 2 amide bonds. The lowest BCUT2D eigenvalue weighted by atomic mass is 9.76. The highest BCUT2D eigenvalue weighted by Gasteiger charge is 2.29. The summed E-state index contributed by atoms with van der Waals surface area (Å²) < 4.78 is 0. The third-order valence-electron chi connectivity index (χ3n) is 3.99. The summed E-state index contributed by atoms with van der Waals surface area (Å²) in [7, 11) is -1.68. The molecule has 0 aliphatic rings. The van der Waals surface area contributed by atoms with E-state index < -0.39 is 30.9 Å². The first kappa shape index (κ1) is 20.5. The van der Waals surface area contributed by atoms with Gasteiger partial charge in [-0.05, 0) is 12.0 Å². The number of nitrogens with one attached hydrogen (secondary N) is 2. The van der Waals surface area contributed by atoms with E-state index in [2.05, 4.69) is 20.6 Å². The molecule has 8 nitrogen and oxygen atoms in total. The Hall–Kier alpha value is -2.78. The van der Waals surface area contributed by atoms with E-state index in [0.29, 0.717) is 12.8 Å². The van der Waals surface area contributed by atoms with Crippen LogP contribution in [0.15, 0.2) is 48.9 Å². The molecule has 2 rings (SSSR count). The quantitative estimate of drug-likeness (QED) is 0.465. The van der Waals surface area contributed by atoms with Crippen LogP contribution >= 0.6 is 0 Å². The minimum atomic E-state index is -1.68. The first-order valence-corrected chi connectivity index (χ1v) is 8.78. The van der Waals surface area contributed by atoms with Gasteiger partial charge in [-0.25, -0.2) is 4.98 Å². The van der Waals surface area contributed by atoms with Gasteiger partial charge in [0, 0.05) is 18.8 Å². The second kappa shape index (κ2) is 10.4. The topological polar surface area (TPSA) is 124 Å². The van der Waals surface area contributed by atoms with Crippen LogP contribution in [0.25, 0.3) is 0 Å². The van der Waals surface area contributed by atoms with Crippen LogP contribution < -0.4 is 10.6 Å². The van der Waals surface area contributed by atoms with Gasteiger partial charge >= 0.3 is 7.12 Å². The van der Waals surface area contributed by atoms with Crippen LogP contribution in [0.4, 0.5) is 0 Å². The average molecular weight is 370 g/mol. The van der Waals surface area contributed by atoms with Crippen molar-refractivity contribution >= 4 is 18.9 Å². The molecular formula is C18H23BN4O4. The number of aromatic nitrogens is 2. The SMILES string of the molecule is CCC[C@H](NC(=O)[C@H](Cc1ccccc1)NC(=O)c1cnccn1)B(O)O. The number of rotatable bonds is 9. The molecule has 0 aliphatic heterocycles. The predicted octanol–water partition coefficient (Wildman–Crippen LogP) is 0.115. The molecule has 2 aromatic rings. The Kier molecular flexibility index (Phi) is 7.90. The van der Waals surface area contributed by atoms with Crippen LogP contribution in [0, 0.1) is 0 Å². The number of benzene rings is 1. The molecule has 2 atom stereocenters. The van der Waals surface area contributed by atoms with E-state index in [4.69, 9.17) is 0 Å². The van der Waals surface area contributed by atoms with Crippen LogP contribution in [0.1, 0.15) is 35.8 Å². The minimum absolute atomic E-state index is 0.0932. The van der Waals surface area contributed by atoms with Crippen LogP contribution in [0.3, 0.4) is 0 Å². The molecular weight excluding hydrogens is 347 g/mol. The Morgan fingerprint density at radius 2 is 1.89 bits per heavy atom. The lowest BCUT2D eigenvalue weighted by molar-refractivity contribution is -0.123. The molecule has 0 unspecified atom stereocenters. The summed E-state index contributed by atoms with van der Waals surface area (Å²) in [5.41, 5.74) is 0.948. The molecule has 0 bridgehead atoms. The van der Waals surface area contributed by atoms with Crippen molar-refractivity contribution in [2.45, 2.75) is 38.2 Å². The zero-order valence-electron chi connectivity index (χ0n) is 15.1. The fraction of sp³-hybridized carbons (Fsp3) is 0.333. The minimum Gasteiger partial charge on any atom is -0.426 e. The molecule has 4 N–H and O–H groups in total. The summed E-state index contributed by atoms with van der Waals surface area (Å²) in [6.45, 7) is 1.87. The van der Waals surface area contributed by atoms with Gasteiger partial charge in [-0.3, -0.25) is 14.6 Å². The van der Waals surface area contributed by atoms with E-state index in [1.54, 1.807) is 0 Å². The predicted molar refractivity (Wildman–Crippen MR) is 100 cm³/mol. The summed E-state index contributed by atoms with van der Waals surface area (Å²) in [5.74, 6) is -1.84. The van der Waals surface area contributed by atoms with Gasteiger partial charge in [-0.15, -0.1) is 0 Å². The van der Waals surface area contributed by atoms with Crippen molar-refractivity contribution in [3.05, 3.63) is 60.2 Å². The second-order valence-corrected chi connectivity index (χ2v) is 6.12. The standard InChI is InChI=1S/C18H23BN4O4/c1-2-6-16(19(26)27)23-17(24)14(11-13-7-4-3-5-8-13)22-18(25)15-12-20-9-10-21-15/h3-5,7-10,12,14,16,26-27H,2,6,11H2,1H3,(H,22,25)(H,23,24)/t14-,16-/m0/s1. The van der Waals surface area contributed by atoms with Crippen molar-refractivity contribution in [3.63, 3.8) is 0 Å². The number of carbonyl (C=O) groups is 2. The van der Waals surface area contributed by atoms with E-state index in [1.807, 2.05) is 37.3 Å². The number of hydrogen-bond donors (Lipinski definition) is 4. The summed E-state index contributed by atoms with van der Waals surface area (Å²) >= 11 is 0. The molecule has 27 heavy (non-hydrogen) atoms. The Balaban J connectivity index is 2.15. The Labute approximate surface area is 158 Å². The summed E-state index contributed by atoms with van der Waals surface area (Å²) in [4.78, 5) is 32.9. The maximum absolute atomic E-state index is 12.7. The van der Waals surface area contributed by atoms with E-state index in [0.717, 1.165) is 5.56 Å². The average Bonchev–Trinajstić information content (AvgIpc) is 2.68. The zero-order valence-corrected chi connectivity index (χ0v) is 15.1. The van der Waals surface area contributed by atoms with Gasteiger partial charge in [0.15, 0.2) is 0 Å². The maximum atomic E-state index is 12.7. The van der Waals surface area contributed by atoms with Crippen molar-refractivity contribution in [1.29, 1.82) is 0 Å². The van der Waals surface area contributed by atoms with Crippen molar-refractivity contribution in [1.82, 2.24) is 20.6 Å². The normalized spacial score (nSPS) is 12.7. The lowest BCUT2D eigenvalue weighted by Gasteiger charge is -2.23.